The van der Waals surface area contributed by atoms with Crippen LogP contribution in [0.4, 0.5) is 5.82 Å². The number of hydrogen-bond acceptors (Lipinski definition) is 7. The fourth-order valence-corrected chi connectivity index (χ4v) is 3.24. The molecule has 29 heavy (non-hydrogen) atoms. The highest BCUT2D eigenvalue weighted by molar-refractivity contribution is 5.92. The number of anilines is 1. The van der Waals surface area contributed by atoms with E-state index < -0.39 is 0 Å². The van der Waals surface area contributed by atoms with Gasteiger partial charge in [0.2, 0.25) is 11.7 Å². The summed E-state index contributed by atoms with van der Waals surface area (Å²) in [7, 11) is 4.69. The second-order valence-electron chi connectivity index (χ2n) is 6.62. The highest BCUT2D eigenvalue weighted by atomic mass is 16.5. The third-order valence-corrected chi connectivity index (χ3v) is 4.81. The minimum absolute atomic E-state index is 0.0303. The van der Waals surface area contributed by atoms with E-state index in [1.165, 1.54) is 0 Å². The van der Waals surface area contributed by atoms with Gasteiger partial charge in [-0.3, -0.25) is 4.79 Å². The molecule has 0 unspecified atom stereocenters. The second-order valence-corrected chi connectivity index (χ2v) is 6.62. The van der Waals surface area contributed by atoms with Crippen molar-refractivity contribution in [3.05, 3.63) is 41.9 Å². The van der Waals surface area contributed by atoms with Crippen LogP contribution in [0.1, 0.15) is 11.3 Å². The van der Waals surface area contributed by atoms with Crippen LogP contribution in [0.25, 0.3) is 6.08 Å². The van der Waals surface area contributed by atoms with Gasteiger partial charge in [0, 0.05) is 44.0 Å². The normalized spacial score (nSPS) is 14.2. The van der Waals surface area contributed by atoms with E-state index in [1.807, 2.05) is 17.9 Å². The van der Waals surface area contributed by atoms with Gasteiger partial charge in [-0.05, 0) is 30.7 Å². The average molecular weight is 398 g/mol. The maximum atomic E-state index is 12.6. The van der Waals surface area contributed by atoms with Crippen LogP contribution in [0.3, 0.4) is 0 Å². The van der Waals surface area contributed by atoms with E-state index >= 15 is 0 Å². The predicted octanol–water partition coefficient (Wildman–Crippen LogP) is 2.17. The van der Waals surface area contributed by atoms with Gasteiger partial charge in [-0.1, -0.05) is 0 Å². The maximum Gasteiger partial charge on any atom is 0.246 e. The summed E-state index contributed by atoms with van der Waals surface area (Å²) < 4.78 is 16.0. The molecule has 0 spiro atoms. The first-order chi connectivity index (χ1) is 14.0. The van der Waals surface area contributed by atoms with Gasteiger partial charge in [0.05, 0.1) is 21.3 Å². The van der Waals surface area contributed by atoms with E-state index in [1.54, 1.807) is 51.9 Å². The van der Waals surface area contributed by atoms with E-state index in [4.69, 9.17) is 14.2 Å². The molecule has 3 rings (SSSR count). The average Bonchev–Trinajstić information content (AvgIpc) is 2.76. The Hall–Kier alpha value is -3.29. The molecular formula is C21H26N4O4. The Morgan fingerprint density at radius 2 is 1.62 bits per heavy atom. The van der Waals surface area contributed by atoms with Gasteiger partial charge >= 0.3 is 0 Å². The molecule has 1 amide bonds. The molecule has 1 aromatic carbocycles. The van der Waals surface area contributed by atoms with Crippen molar-refractivity contribution in [3.8, 4) is 17.2 Å². The van der Waals surface area contributed by atoms with E-state index in [-0.39, 0.29) is 5.91 Å². The Morgan fingerprint density at radius 1 is 0.966 bits per heavy atom. The van der Waals surface area contributed by atoms with Crippen molar-refractivity contribution in [1.82, 2.24) is 14.9 Å². The van der Waals surface area contributed by atoms with Crippen LogP contribution in [-0.2, 0) is 4.79 Å². The molecule has 8 heteroatoms. The second kappa shape index (κ2) is 9.27. The summed E-state index contributed by atoms with van der Waals surface area (Å²) >= 11 is 0. The van der Waals surface area contributed by atoms with Gasteiger partial charge in [-0.15, -0.1) is 0 Å². The van der Waals surface area contributed by atoms with Crippen LogP contribution < -0.4 is 19.1 Å². The van der Waals surface area contributed by atoms with Crippen molar-refractivity contribution >= 4 is 17.8 Å². The third kappa shape index (κ3) is 4.77. The number of aromatic nitrogens is 2. The summed E-state index contributed by atoms with van der Waals surface area (Å²) in [6, 6.07) is 5.57. The number of ether oxygens (including phenoxy) is 3. The molecule has 2 aromatic rings. The third-order valence-electron chi connectivity index (χ3n) is 4.81. The van der Waals surface area contributed by atoms with Crippen molar-refractivity contribution in [3.63, 3.8) is 0 Å². The molecule has 154 valence electrons. The minimum atomic E-state index is -0.0303. The number of nitrogens with zero attached hydrogens (tertiary/aromatic N) is 4. The minimum Gasteiger partial charge on any atom is -0.493 e. The summed E-state index contributed by atoms with van der Waals surface area (Å²) in [6.07, 6.45) is 4.90. The van der Waals surface area contributed by atoms with Gasteiger partial charge in [-0.2, -0.15) is 0 Å². The molecule has 0 bridgehead atoms. The van der Waals surface area contributed by atoms with Crippen molar-refractivity contribution in [2.75, 3.05) is 52.4 Å². The Balaban J connectivity index is 1.64. The number of carbonyl (C=O) groups excluding carboxylic acids is 1. The lowest BCUT2D eigenvalue weighted by Crippen LogP contribution is -2.48. The zero-order valence-corrected chi connectivity index (χ0v) is 17.2. The molecule has 0 aliphatic carbocycles. The molecule has 1 aliphatic rings. The number of hydrogen-bond donors (Lipinski definition) is 0. The number of carbonyl (C=O) groups is 1. The van der Waals surface area contributed by atoms with Crippen molar-refractivity contribution in [2.24, 2.45) is 0 Å². The quantitative estimate of drug-likeness (QED) is 0.690. The first-order valence-electron chi connectivity index (χ1n) is 9.36. The molecule has 0 N–H and O–H groups in total. The van der Waals surface area contributed by atoms with Crippen LogP contribution in [-0.4, -0.2) is 68.3 Å². The molecule has 0 atom stereocenters. The lowest BCUT2D eigenvalue weighted by atomic mass is 10.1. The Labute approximate surface area is 170 Å². The lowest BCUT2D eigenvalue weighted by Gasteiger charge is -2.34. The van der Waals surface area contributed by atoms with Gasteiger partial charge in [0.25, 0.3) is 0 Å². The number of amides is 1. The Bertz CT molecular complexity index is 867. The summed E-state index contributed by atoms with van der Waals surface area (Å²) in [6.45, 7) is 4.70. The van der Waals surface area contributed by atoms with E-state index in [9.17, 15) is 4.79 Å². The largest absolute Gasteiger partial charge is 0.493 e. The zero-order chi connectivity index (χ0) is 20.8. The zero-order valence-electron chi connectivity index (χ0n) is 17.2. The molecule has 1 aromatic heterocycles. The molecule has 8 nitrogen and oxygen atoms in total. The summed E-state index contributed by atoms with van der Waals surface area (Å²) in [5.74, 6) is 2.49. The summed E-state index contributed by atoms with van der Waals surface area (Å²) in [4.78, 5) is 25.1. The van der Waals surface area contributed by atoms with Crippen molar-refractivity contribution < 1.29 is 19.0 Å². The predicted molar refractivity (Wildman–Crippen MR) is 111 cm³/mol. The van der Waals surface area contributed by atoms with Crippen LogP contribution in [0.5, 0.6) is 17.2 Å². The SMILES string of the molecule is COc1cc(/C=C/C(=O)N2CCN(c3cc(C)ncn3)CC2)cc(OC)c1OC. The molecule has 1 aliphatic heterocycles. The standard InChI is InChI=1S/C21H26N4O4/c1-15-11-19(23-14-22-15)24-7-9-25(10-8-24)20(26)6-5-16-12-17(27-2)21(29-4)18(13-16)28-3/h5-6,11-14H,7-10H2,1-4H3/b6-5+. The number of methoxy groups -OCH3 is 3. The van der Waals surface area contributed by atoms with E-state index in [2.05, 4.69) is 14.9 Å². The van der Waals surface area contributed by atoms with E-state index in [0.29, 0.717) is 30.3 Å². The highest BCUT2D eigenvalue weighted by Crippen LogP contribution is 2.38. The van der Waals surface area contributed by atoms with Crippen LogP contribution >= 0.6 is 0 Å². The van der Waals surface area contributed by atoms with Crippen LogP contribution in [0, 0.1) is 6.92 Å². The Morgan fingerprint density at radius 3 is 2.17 bits per heavy atom. The first-order valence-corrected chi connectivity index (χ1v) is 9.36. The van der Waals surface area contributed by atoms with Crippen LogP contribution in [0.15, 0.2) is 30.6 Å². The van der Waals surface area contributed by atoms with Crippen molar-refractivity contribution in [1.29, 1.82) is 0 Å². The molecule has 0 saturated carbocycles. The summed E-state index contributed by atoms with van der Waals surface area (Å²) in [5, 5.41) is 0. The number of aryl methyl sites for hydroxylation is 1. The molecule has 1 saturated heterocycles. The fraction of sp³-hybridized carbons (Fsp3) is 0.381. The highest BCUT2D eigenvalue weighted by Gasteiger charge is 2.21. The van der Waals surface area contributed by atoms with Gasteiger partial charge in [0.1, 0.15) is 12.1 Å². The monoisotopic (exact) mass is 398 g/mol. The number of rotatable bonds is 6. The molecule has 2 heterocycles. The van der Waals surface area contributed by atoms with Gasteiger partial charge in [0.15, 0.2) is 11.5 Å². The van der Waals surface area contributed by atoms with Crippen LogP contribution in [0.2, 0.25) is 0 Å². The fourth-order valence-electron chi connectivity index (χ4n) is 3.24. The lowest BCUT2D eigenvalue weighted by molar-refractivity contribution is -0.126. The van der Waals surface area contributed by atoms with Crippen molar-refractivity contribution in [2.45, 2.75) is 6.92 Å². The molecule has 1 fully saturated rings. The Kier molecular flexibility index (Phi) is 6.54. The number of benzene rings is 1. The van der Waals surface area contributed by atoms with Gasteiger partial charge in [-0.25, -0.2) is 9.97 Å². The van der Waals surface area contributed by atoms with Gasteiger partial charge < -0.3 is 24.0 Å². The maximum absolute atomic E-state index is 12.6. The molecular weight excluding hydrogens is 372 g/mol. The summed E-state index contributed by atoms with van der Waals surface area (Å²) in [5.41, 5.74) is 1.73. The molecule has 0 radical (unpaired) electrons. The number of piperazine rings is 1. The smallest absolute Gasteiger partial charge is 0.246 e. The van der Waals surface area contributed by atoms with E-state index in [0.717, 1.165) is 30.2 Å². The first kappa shape index (κ1) is 20.4. The topological polar surface area (TPSA) is 77.0 Å².